The van der Waals surface area contributed by atoms with Crippen molar-refractivity contribution in [2.24, 2.45) is 5.10 Å². The number of fused-ring (bicyclic) bond motifs is 2. The summed E-state index contributed by atoms with van der Waals surface area (Å²) in [4.78, 5) is 51.6. The summed E-state index contributed by atoms with van der Waals surface area (Å²) >= 11 is 0. The first-order valence-corrected chi connectivity index (χ1v) is 13.3. The monoisotopic (exact) mass is 592 g/mol. The fourth-order valence-electron chi connectivity index (χ4n) is 5.15. The number of anilines is 1. The summed E-state index contributed by atoms with van der Waals surface area (Å²) < 4.78 is 1.14. The molecular weight excluding hydrogens is 568 g/mol. The number of carbonyl (C=O) groups is 3. The molecule has 0 bridgehead atoms. The zero-order valence-electron chi connectivity index (χ0n) is 23.3. The number of carboxylic acids is 2. The first-order chi connectivity index (χ1) is 21.0. The Balaban J connectivity index is 1.28. The number of nitrogens with one attached hydrogen (secondary N) is 2. The van der Waals surface area contributed by atoms with Gasteiger partial charge in [0.05, 0.1) is 33.6 Å². The number of hydrogen-bond acceptors (Lipinski definition) is 8. The topological polar surface area (TPSA) is 190 Å². The highest BCUT2D eigenvalue weighted by atomic mass is 16.4. The van der Waals surface area contributed by atoms with Gasteiger partial charge in [0.15, 0.2) is 17.5 Å². The first kappa shape index (κ1) is 27.9. The molecule has 0 saturated heterocycles. The number of H-pyrrole nitrogens is 1. The van der Waals surface area contributed by atoms with E-state index < -0.39 is 17.5 Å². The number of allylic oxidation sites excluding steroid dienone is 2. The lowest BCUT2D eigenvalue weighted by Crippen LogP contribution is -2.33. The molecule has 4 aliphatic rings. The maximum absolute atomic E-state index is 13.3. The van der Waals surface area contributed by atoms with Crippen molar-refractivity contribution in [3.05, 3.63) is 110 Å². The number of pyridine rings is 1. The van der Waals surface area contributed by atoms with Crippen molar-refractivity contribution in [2.75, 3.05) is 11.6 Å². The summed E-state index contributed by atoms with van der Waals surface area (Å²) in [6, 6.07) is 11.6. The van der Waals surface area contributed by atoms with E-state index in [0.717, 1.165) is 10.3 Å². The number of hydrazone groups is 1. The van der Waals surface area contributed by atoms with Gasteiger partial charge in [-0.2, -0.15) is 9.69 Å². The van der Waals surface area contributed by atoms with Crippen molar-refractivity contribution in [1.29, 1.82) is 0 Å². The van der Waals surface area contributed by atoms with Crippen LogP contribution >= 0.6 is 0 Å². The molecule has 0 atom stereocenters. The number of aromatic amines is 1. The van der Waals surface area contributed by atoms with Crippen molar-refractivity contribution in [2.45, 2.75) is 13.8 Å². The van der Waals surface area contributed by atoms with Gasteiger partial charge in [-0.25, -0.2) is 9.59 Å². The van der Waals surface area contributed by atoms with Crippen molar-refractivity contribution < 1.29 is 29.7 Å². The van der Waals surface area contributed by atoms with Crippen LogP contribution in [0.4, 0.5) is 5.69 Å². The molecule has 13 nitrogen and oxygen atoms in total. The minimum absolute atomic E-state index is 0.0734. The van der Waals surface area contributed by atoms with Crippen molar-refractivity contribution in [1.82, 2.24) is 20.1 Å². The third-order valence-corrected chi connectivity index (χ3v) is 7.54. The summed E-state index contributed by atoms with van der Waals surface area (Å²) in [6.45, 7) is 3.88. The molecule has 5 N–H and O–H groups in total. The van der Waals surface area contributed by atoms with Gasteiger partial charge in [0.25, 0.3) is 11.5 Å². The maximum Gasteiger partial charge on any atom is 0.335 e. The zero-order chi connectivity index (χ0) is 31.3. The van der Waals surface area contributed by atoms with Gasteiger partial charge < -0.3 is 25.6 Å². The van der Waals surface area contributed by atoms with E-state index in [2.05, 4.69) is 20.5 Å². The van der Waals surface area contributed by atoms with E-state index in [1.54, 1.807) is 25.2 Å². The highest BCUT2D eigenvalue weighted by molar-refractivity contribution is 6.31. The van der Waals surface area contributed by atoms with E-state index in [4.69, 9.17) is 10.2 Å². The van der Waals surface area contributed by atoms with Crippen LogP contribution in [0.2, 0.25) is 0 Å². The molecule has 220 valence electrons. The molecule has 13 heteroatoms. The number of aromatic carboxylic acids is 2. The minimum Gasteiger partial charge on any atom is -0.494 e. The van der Waals surface area contributed by atoms with Crippen LogP contribution in [0.3, 0.4) is 0 Å². The van der Waals surface area contributed by atoms with Crippen LogP contribution in [0.5, 0.6) is 5.88 Å². The number of nitrogens with zero attached hydrogens (tertiary/aromatic N) is 4. The lowest BCUT2D eigenvalue weighted by Gasteiger charge is -2.18. The predicted octanol–water partition coefficient (Wildman–Crippen LogP) is 3.30. The molecule has 0 fully saturated rings. The van der Waals surface area contributed by atoms with Crippen LogP contribution in [0.1, 0.15) is 38.8 Å². The van der Waals surface area contributed by atoms with E-state index in [1.807, 2.05) is 6.92 Å². The Morgan fingerprint density at radius 1 is 0.932 bits per heavy atom. The van der Waals surface area contributed by atoms with Gasteiger partial charge in [-0.05, 0) is 85.2 Å². The molecule has 1 amide bonds. The number of amides is 1. The molecule has 4 heterocycles. The summed E-state index contributed by atoms with van der Waals surface area (Å²) in [7, 11) is 0. The second kappa shape index (κ2) is 10.5. The van der Waals surface area contributed by atoms with Crippen LogP contribution in [0.15, 0.2) is 87.3 Å². The van der Waals surface area contributed by atoms with Crippen molar-refractivity contribution >= 4 is 35.4 Å². The number of carbonyl (C=O) groups excluding carboxylic acids is 1. The second-order valence-electron chi connectivity index (χ2n) is 10.1. The van der Waals surface area contributed by atoms with E-state index in [1.165, 1.54) is 53.5 Å². The van der Waals surface area contributed by atoms with Gasteiger partial charge in [0.2, 0.25) is 0 Å². The molecule has 0 aliphatic carbocycles. The lowest BCUT2D eigenvalue weighted by molar-refractivity contribution is -0.114. The average Bonchev–Trinajstić information content (AvgIpc) is 3.52. The predicted molar refractivity (Wildman–Crippen MR) is 160 cm³/mol. The zero-order valence-corrected chi connectivity index (χ0v) is 23.3. The van der Waals surface area contributed by atoms with Crippen LogP contribution in [-0.4, -0.2) is 60.3 Å². The van der Waals surface area contributed by atoms with Crippen LogP contribution in [0, 0.1) is 6.92 Å². The lowest BCUT2D eigenvalue weighted by atomic mass is 9.96. The summed E-state index contributed by atoms with van der Waals surface area (Å²) in [6.07, 6.45) is 5.13. The van der Waals surface area contributed by atoms with E-state index in [0.29, 0.717) is 46.0 Å². The molecule has 4 aliphatic heterocycles. The fourth-order valence-corrected chi connectivity index (χ4v) is 5.15. The van der Waals surface area contributed by atoms with E-state index >= 15 is 0 Å². The van der Waals surface area contributed by atoms with Gasteiger partial charge >= 0.3 is 11.9 Å². The van der Waals surface area contributed by atoms with Gasteiger partial charge in [-0.15, -0.1) is 10.2 Å². The molecule has 0 spiro atoms. The quantitative estimate of drug-likeness (QED) is 0.224. The third kappa shape index (κ3) is 4.61. The SMILES string of the molecule is CC1=C2C(=O)N(c3ccc(C(=O)O)cc3)N=C2NC/C1=C\C=Cc1c(O)[nH]c2nn(-c3ccc(C(=O)O)cc3)c(=O)c-2c1C. The number of hydrogen-bond donors (Lipinski definition) is 5. The number of carboxylic acid groups (broad SMARTS) is 2. The first-order valence-electron chi connectivity index (χ1n) is 13.3. The standard InChI is InChI=1S/C31H24N6O7/c1-15-19(14-32-25-23(15)28(39)36(34-25)20-10-6-17(7-11-20)30(41)42)4-3-5-22-16(2)24-26(33-27(22)38)35-37(29(24)40)21-12-8-18(9-13-21)31(43)44/h3-13H,14H2,1-2H3,(H,32,34)(H,41,42)(H,43,44)(H2,33,35,38)/b5-3?,19-4+. The Hall–Kier alpha value is -6.24. The highest BCUT2D eigenvalue weighted by Crippen LogP contribution is 2.32. The Morgan fingerprint density at radius 3 is 2.16 bits per heavy atom. The second-order valence-corrected chi connectivity index (χ2v) is 10.1. The largest absolute Gasteiger partial charge is 0.494 e. The number of rotatable bonds is 6. The summed E-state index contributed by atoms with van der Waals surface area (Å²) in [5.41, 5.74) is 3.58. The molecule has 0 saturated carbocycles. The number of amidine groups is 1. The van der Waals surface area contributed by atoms with Crippen molar-refractivity contribution in [3.63, 3.8) is 0 Å². The molecule has 2 aromatic carbocycles. The summed E-state index contributed by atoms with van der Waals surface area (Å²) in [5, 5.41) is 42.0. The van der Waals surface area contributed by atoms with E-state index in [9.17, 15) is 24.3 Å². The molecule has 0 radical (unpaired) electrons. The number of aromatic hydroxyl groups is 1. The smallest absolute Gasteiger partial charge is 0.335 e. The van der Waals surface area contributed by atoms with Gasteiger partial charge in [0, 0.05) is 12.1 Å². The van der Waals surface area contributed by atoms with Crippen LogP contribution < -0.4 is 15.9 Å². The van der Waals surface area contributed by atoms with Crippen LogP contribution in [-0.2, 0) is 4.79 Å². The maximum atomic E-state index is 13.3. The number of benzene rings is 2. The van der Waals surface area contributed by atoms with Crippen LogP contribution in [0.25, 0.3) is 23.2 Å². The Labute approximate surface area is 248 Å². The number of aromatic nitrogens is 3. The average molecular weight is 593 g/mol. The highest BCUT2D eigenvalue weighted by Gasteiger charge is 2.36. The molecular formula is C31H24N6O7. The van der Waals surface area contributed by atoms with Gasteiger partial charge in [-0.3, -0.25) is 9.59 Å². The Bertz CT molecular complexity index is 2030. The van der Waals surface area contributed by atoms with E-state index in [-0.39, 0.29) is 34.3 Å². The molecule has 44 heavy (non-hydrogen) atoms. The molecule has 6 rings (SSSR count). The van der Waals surface area contributed by atoms with Crippen molar-refractivity contribution in [3.8, 4) is 23.0 Å². The Morgan fingerprint density at radius 2 is 1.55 bits per heavy atom. The molecule has 2 aromatic rings. The third-order valence-electron chi connectivity index (χ3n) is 7.54. The fraction of sp³-hybridized carbons (Fsp3) is 0.0968. The Kier molecular flexibility index (Phi) is 6.69. The van der Waals surface area contributed by atoms with Gasteiger partial charge in [0.1, 0.15) is 0 Å². The normalized spacial score (nSPS) is 15.7. The summed E-state index contributed by atoms with van der Waals surface area (Å²) in [5.74, 6) is -2.11. The minimum atomic E-state index is -1.09. The molecule has 0 aromatic heterocycles. The molecule has 0 unspecified atom stereocenters. The van der Waals surface area contributed by atoms with Gasteiger partial charge in [-0.1, -0.05) is 12.2 Å².